The molecule has 242 valence electrons. The molecule has 0 bridgehead atoms. The number of carboxylic acid groups (broad SMARTS) is 2. The molecule has 0 saturated heterocycles. The fourth-order valence-corrected chi connectivity index (χ4v) is 2.95. The number of nitrogens with zero attached hydrogens (tertiary/aromatic N) is 1. The molecule has 6 N–H and O–H groups in total. The average molecular weight is 653 g/mol. The van der Waals surface area contributed by atoms with Gasteiger partial charge >= 0.3 is 36.6 Å². The zero-order chi connectivity index (χ0) is 34.3. The largest absolute Gasteiger partial charge is 0.478 e. The summed E-state index contributed by atoms with van der Waals surface area (Å²) >= 11 is 0. The first-order valence-electron chi connectivity index (χ1n) is 11.3. The molecule has 0 amide bonds. The fourth-order valence-electron chi connectivity index (χ4n) is 2.95. The Morgan fingerprint density at radius 3 is 1.11 bits per heavy atom. The van der Waals surface area contributed by atoms with Crippen LogP contribution in [0, 0.1) is 0 Å². The maximum absolute atomic E-state index is 12.3. The Morgan fingerprint density at radius 1 is 0.568 bits per heavy atom. The predicted octanol–water partition coefficient (Wildman–Crippen LogP) is 6.84. The summed E-state index contributed by atoms with van der Waals surface area (Å²) in [6, 6.07) is 4.80. The van der Waals surface area contributed by atoms with E-state index in [1.54, 1.807) is 0 Å². The van der Waals surface area contributed by atoms with E-state index < -0.39 is 58.9 Å². The number of carbonyl (C=O) groups is 2. The lowest BCUT2D eigenvalue weighted by molar-refractivity contribution is -0.144. The van der Waals surface area contributed by atoms with Crippen molar-refractivity contribution in [3.63, 3.8) is 0 Å². The molecule has 0 aliphatic heterocycles. The van der Waals surface area contributed by atoms with Crippen molar-refractivity contribution in [1.29, 1.82) is 0 Å². The van der Waals surface area contributed by atoms with E-state index >= 15 is 0 Å². The number of benzene rings is 2. The van der Waals surface area contributed by atoms with Gasteiger partial charge in [0.1, 0.15) is 5.69 Å². The van der Waals surface area contributed by atoms with E-state index in [-0.39, 0.29) is 47.6 Å². The minimum absolute atomic E-state index is 0.0686. The topological polar surface area (TPSA) is 140 Å². The minimum Gasteiger partial charge on any atom is -0.478 e. The van der Waals surface area contributed by atoms with Crippen LogP contribution in [0.2, 0.25) is 0 Å². The number of nitrogens with two attached hydrogens (primary N) is 2. The monoisotopic (exact) mass is 653 g/mol. The summed E-state index contributed by atoms with van der Waals surface area (Å²) in [5, 5.41) is 16.9. The van der Waals surface area contributed by atoms with Gasteiger partial charge in [-0.2, -0.15) is 52.7 Å². The van der Waals surface area contributed by atoms with E-state index in [9.17, 15) is 62.3 Å². The van der Waals surface area contributed by atoms with Gasteiger partial charge in [-0.3, -0.25) is 0 Å². The summed E-state index contributed by atoms with van der Waals surface area (Å²) in [5.41, 5.74) is 3.94. The molecule has 44 heavy (non-hydrogen) atoms. The number of carboxylic acids is 2. The smallest absolute Gasteiger partial charge is 0.416 e. The molecule has 3 aromatic rings. The number of pyridine rings is 1. The standard InChI is InChI=1S/2C9H7F6N.C7H5NO4/c2*10-8(11,12)6-1-5(4-16)2-7(3-6)9(13,14)15;9-6(10)4-1-2-8-5(3-4)7(11)12/h2*1-3H,4,16H2;1-3H,(H,9,10)(H,11,12). The summed E-state index contributed by atoms with van der Waals surface area (Å²) in [5.74, 6) is -2.40. The van der Waals surface area contributed by atoms with Crippen molar-refractivity contribution < 1.29 is 72.5 Å². The van der Waals surface area contributed by atoms with Gasteiger partial charge in [0.05, 0.1) is 27.8 Å². The maximum Gasteiger partial charge on any atom is 0.416 e. The van der Waals surface area contributed by atoms with Crippen LogP contribution in [0.4, 0.5) is 52.7 Å². The van der Waals surface area contributed by atoms with E-state index in [0.717, 1.165) is 12.3 Å². The summed E-state index contributed by atoms with van der Waals surface area (Å²) in [6.07, 6.45) is -18.1. The molecule has 7 nitrogen and oxygen atoms in total. The van der Waals surface area contributed by atoms with Crippen molar-refractivity contribution in [2.24, 2.45) is 11.5 Å². The number of hydrogen-bond donors (Lipinski definition) is 4. The van der Waals surface area contributed by atoms with E-state index in [2.05, 4.69) is 4.98 Å². The molecule has 0 unspecified atom stereocenters. The van der Waals surface area contributed by atoms with Crippen LogP contribution in [0.25, 0.3) is 0 Å². The van der Waals surface area contributed by atoms with Gasteiger partial charge in [-0.25, -0.2) is 14.6 Å². The Kier molecular flexibility index (Phi) is 12.3. The molecular formula is C25H19F12N3O4. The molecule has 0 fully saturated rings. The number of alkyl halides is 12. The highest BCUT2D eigenvalue weighted by molar-refractivity contribution is 5.92. The second-order valence-corrected chi connectivity index (χ2v) is 8.28. The highest BCUT2D eigenvalue weighted by Crippen LogP contribution is 2.37. The quantitative estimate of drug-likeness (QED) is 0.226. The third-order valence-electron chi connectivity index (χ3n) is 4.99. The Labute approximate surface area is 238 Å². The Balaban J connectivity index is 0.000000334. The second-order valence-electron chi connectivity index (χ2n) is 8.28. The van der Waals surface area contributed by atoms with Crippen LogP contribution >= 0.6 is 0 Å². The maximum atomic E-state index is 12.3. The molecule has 2 aromatic carbocycles. The van der Waals surface area contributed by atoms with Gasteiger partial charge in [0.2, 0.25) is 0 Å². The van der Waals surface area contributed by atoms with Crippen molar-refractivity contribution in [3.8, 4) is 0 Å². The lowest BCUT2D eigenvalue weighted by Gasteiger charge is -2.13. The van der Waals surface area contributed by atoms with Gasteiger partial charge < -0.3 is 21.7 Å². The highest BCUT2D eigenvalue weighted by atomic mass is 19.4. The van der Waals surface area contributed by atoms with Crippen LogP contribution in [0.3, 0.4) is 0 Å². The van der Waals surface area contributed by atoms with Crippen molar-refractivity contribution >= 4 is 11.9 Å². The summed E-state index contributed by atoms with van der Waals surface area (Å²) in [6.45, 7) is -0.764. The molecule has 0 aliphatic rings. The van der Waals surface area contributed by atoms with E-state index in [0.29, 0.717) is 24.3 Å². The number of halogens is 12. The Hall–Kier alpha value is -4.39. The van der Waals surface area contributed by atoms with Gasteiger partial charge in [-0.05, 0) is 59.7 Å². The minimum atomic E-state index is -4.81. The highest BCUT2D eigenvalue weighted by Gasteiger charge is 2.37. The molecular weight excluding hydrogens is 634 g/mol. The normalized spacial score (nSPS) is 12.0. The van der Waals surface area contributed by atoms with Crippen LogP contribution in [0.1, 0.15) is 54.2 Å². The lowest BCUT2D eigenvalue weighted by Crippen LogP contribution is -2.12. The SMILES string of the molecule is NCc1cc(C(F)(F)F)cc(C(F)(F)F)c1.NCc1cc(C(F)(F)F)cc(C(F)(F)F)c1.O=C(O)c1ccnc(C(=O)O)c1. The first kappa shape index (κ1) is 37.6. The van der Waals surface area contributed by atoms with Gasteiger partial charge in [0.15, 0.2) is 0 Å². The molecule has 1 aromatic heterocycles. The van der Waals surface area contributed by atoms with Gasteiger partial charge in [0, 0.05) is 19.3 Å². The van der Waals surface area contributed by atoms with Crippen molar-refractivity contribution in [3.05, 3.63) is 99.4 Å². The van der Waals surface area contributed by atoms with Crippen molar-refractivity contribution in [2.75, 3.05) is 0 Å². The van der Waals surface area contributed by atoms with Gasteiger partial charge in [-0.1, -0.05) is 0 Å². The molecule has 0 atom stereocenters. The van der Waals surface area contributed by atoms with Crippen LogP contribution in [0.15, 0.2) is 54.7 Å². The fraction of sp³-hybridized carbons (Fsp3) is 0.240. The predicted molar refractivity (Wildman–Crippen MR) is 127 cm³/mol. The van der Waals surface area contributed by atoms with Crippen LogP contribution in [-0.4, -0.2) is 27.1 Å². The number of aromatic carboxylic acids is 2. The summed E-state index contributed by atoms with van der Waals surface area (Å²) in [7, 11) is 0. The number of aromatic nitrogens is 1. The molecule has 19 heteroatoms. The second kappa shape index (κ2) is 14.4. The van der Waals surface area contributed by atoms with Crippen molar-refractivity contribution in [2.45, 2.75) is 37.8 Å². The van der Waals surface area contributed by atoms with Crippen LogP contribution < -0.4 is 11.5 Å². The van der Waals surface area contributed by atoms with E-state index in [1.807, 2.05) is 0 Å². The molecule has 0 aliphatic carbocycles. The molecule has 0 saturated carbocycles. The van der Waals surface area contributed by atoms with E-state index in [1.165, 1.54) is 6.07 Å². The van der Waals surface area contributed by atoms with Gasteiger partial charge in [-0.15, -0.1) is 0 Å². The van der Waals surface area contributed by atoms with Crippen LogP contribution in [0.5, 0.6) is 0 Å². The first-order valence-corrected chi connectivity index (χ1v) is 11.3. The zero-order valence-corrected chi connectivity index (χ0v) is 21.5. The van der Waals surface area contributed by atoms with Gasteiger partial charge in [0.25, 0.3) is 0 Å². The number of rotatable bonds is 4. The first-order chi connectivity index (χ1) is 19.9. The molecule has 0 spiro atoms. The molecule has 0 radical (unpaired) electrons. The Morgan fingerprint density at radius 2 is 0.886 bits per heavy atom. The average Bonchev–Trinajstić information content (AvgIpc) is 2.91. The van der Waals surface area contributed by atoms with E-state index in [4.69, 9.17) is 21.7 Å². The summed E-state index contributed by atoms with van der Waals surface area (Å²) < 4.78 is 147. The molecule has 1 heterocycles. The summed E-state index contributed by atoms with van der Waals surface area (Å²) in [4.78, 5) is 24.1. The third-order valence-corrected chi connectivity index (χ3v) is 4.99. The molecule has 3 rings (SSSR count). The lowest BCUT2D eigenvalue weighted by atomic mass is 10.0. The Bertz CT molecular complexity index is 1280. The number of hydrogen-bond acceptors (Lipinski definition) is 5. The zero-order valence-electron chi connectivity index (χ0n) is 21.5. The van der Waals surface area contributed by atoms with Crippen LogP contribution in [-0.2, 0) is 37.8 Å². The third kappa shape index (κ3) is 11.7. The van der Waals surface area contributed by atoms with Crippen molar-refractivity contribution in [1.82, 2.24) is 4.98 Å².